The van der Waals surface area contributed by atoms with Crippen molar-refractivity contribution in [2.45, 2.75) is 12.5 Å². The van der Waals surface area contributed by atoms with Crippen LogP contribution in [0.25, 0.3) is 0 Å². The predicted molar refractivity (Wildman–Crippen MR) is 68.8 cm³/mol. The van der Waals surface area contributed by atoms with E-state index < -0.39 is 0 Å². The van der Waals surface area contributed by atoms with Crippen LogP contribution in [0.4, 0.5) is 0 Å². The number of fused-ring (bicyclic) bond motifs is 1. The predicted octanol–water partition coefficient (Wildman–Crippen LogP) is 2.97. The molecule has 0 radical (unpaired) electrons. The second-order valence-corrected chi connectivity index (χ2v) is 4.92. The Morgan fingerprint density at radius 1 is 1.39 bits per heavy atom. The van der Waals surface area contributed by atoms with Crippen LogP contribution >= 0.6 is 11.3 Å². The largest absolute Gasteiger partial charge is 0.492 e. The average Bonchev–Trinajstić information content (AvgIpc) is 3.05. The highest BCUT2D eigenvalue weighted by atomic mass is 32.1. The van der Waals surface area contributed by atoms with E-state index in [1.165, 1.54) is 0 Å². The fraction of sp³-hybridized carbons (Fsp3) is 0.214. The SMILES string of the molecule is O=C(OCc1ccsc1)[C@H]1COc2ccccc21. The van der Waals surface area contributed by atoms with E-state index >= 15 is 0 Å². The van der Waals surface area contributed by atoms with Crippen molar-refractivity contribution >= 4 is 17.3 Å². The lowest BCUT2D eigenvalue weighted by atomic mass is 10.0. The van der Waals surface area contributed by atoms with E-state index in [2.05, 4.69) is 0 Å². The van der Waals surface area contributed by atoms with Gasteiger partial charge in [-0.3, -0.25) is 4.79 Å². The number of para-hydroxylation sites is 1. The van der Waals surface area contributed by atoms with Crippen LogP contribution in [0.3, 0.4) is 0 Å². The molecular formula is C14H12O3S. The fourth-order valence-electron chi connectivity index (χ4n) is 1.99. The highest BCUT2D eigenvalue weighted by molar-refractivity contribution is 7.07. The fourth-order valence-corrected chi connectivity index (χ4v) is 2.64. The first-order valence-corrected chi connectivity index (χ1v) is 6.68. The maximum absolute atomic E-state index is 12.0. The van der Waals surface area contributed by atoms with Crippen molar-refractivity contribution in [3.63, 3.8) is 0 Å². The minimum Gasteiger partial charge on any atom is -0.492 e. The topological polar surface area (TPSA) is 35.5 Å². The summed E-state index contributed by atoms with van der Waals surface area (Å²) in [6.45, 7) is 0.711. The molecule has 2 aromatic rings. The number of carbonyl (C=O) groups excluding carboxylic acids is 1. The first kappa shape index (κ1) is 11.3. The summed E-state index contributed by atoms with van der Waals surface area (Å²) >= 11 is 1.60. The van der Waals surface area contributed by atoms with Gasteiger partial charge in [0.2, 0.25) is 0 Å². The van der Waals surface area contributed by atoms with E-state index in [0.29, 0.717) is 13.2 Å². The molecule has 0 saturated carbocycles. The van der Waals surface area contributed by atoms with Gasteiger partial charge < -0.3 is 9.47 Å². The quantitative estimate of drug-likeness (QED) is 0.796. The summed E-state index contributed by atoms with van der Waals surface area (Å²) in [6.07, 6.45) is 0. The molecule has 0 fully saturated rings. The first-order valence-electron chi connectivity index (χ1n) is 5.74. The minimum absolute atomic E-state index is 0.217. The van der Waals surface area contributed by atoms with Crippen molar-refractivity contribution in [1.82, 2.24) is 0 Å². The van der Waals surface area contributed by atoms with Crippen molar-refractivity contribution < 1.29 is 14.3 Å². The Bertz CT molecular complexity index is 548. The van der Waals surface area contributed by atoms with Gasteiger partial charge in [0.1, 0.15) is 24.9 Å². The molecule has 1 aliphatic heterocycles. The minimum atomic E-state index is -0.292. The van der Waals surface area contributed by atoms with E-state index in [1.54, 1.807) is 11.3 Å². The summed E-state index contributed by atoms with van der Waals surface area (Å²) in [5.74, 6) is 0.279. The van der Waals surface area contributed by atoms with Crippen LogP contribution in [0.5, 0.6) is 5.75 Å². The molecule has 0 unspecified atom stereocenters. The second kappa shape index (κ2) is 4.82. The van der Waals surface area contributed by atoms with Crippen LogP contribution in [0.1, 0.15) is 17.0 Å². The number of rotatable bonds is 3. The zero-order valence-corrected chi connectivity index (χ0v) is 10.5. The van der Waals surface area contributed by atoms with E-state index in [9.17, 15) is 4.79 Å². The number of hydrogen-bond donors (Lipinski definition) is 0. The lowest BCUT2D eigenvalue weighted by molar-refractivity contribution is -0.147. The molecule has 0 amide bonds. The highest BCUT2D eigenvalue weighted by Crippen LogP contribution is 2.34. The Kier molecular flexibility index (Phi) is 3.02. The lowest BCUT2D eigenvalue weighted by Gasteiger charge is -2.08. The molecule has 4 heteroatoms. The van der Waals surface area contributed by atoms with E-state index in [0.717, 1.165) is 16.9 Å². The van der Waals surface area contributed by atoms with Gasteiger partial charge in [0, 0.05) is 11.1 Å². The Balaban J connectivity index is 1.67. The molecule has 0 saturated heterocycles. The van der Waals surface area contributed by atoms with Crippen LogP contribution < -0.4 is 4.74 Å². The van der Waals surface area contributed by atoms with E-state index in [-0.39, 0.29) is 11.9 Å². The maximum Gasteiger partial charge on any atom is 0.317 e. The number of thiophene rings is 1. The van der Waals surface area contributed by atoms with Gasteiger partial charge in [-0.15, -0.1) is 0 Å². The zero-order valence-electron chi connectivity index (χ0n) is 9.67. The Morgan fingerprint density at radius 2 is 2.28 bits per heavy atom. The molecule has 1 aromatic carbocycles. The van der Waals surface area contributed by atoms with Gasteiger partial charge in [0.25, 0.3) is 0 Å². The van der Waals surface area contributed by atoms with E-state index in [1.807, 2.05) is 41.1 Å². The molecule has 1 aliphatic rings. The standard InChI is InChI=1S/C14H12O3S/c15-14(17-7-10-5-6-18-9-10)12-8-16-13-4-2-1-3-11(12)13/h1-6,9,12H,7-8H2/t12-/m0/s1. The van der Waals surface area contributed by atoms with Gasteiger partial charge in [-0.2, -0.15) is 11.3 Å². The summed E-state index contributed by atoms with van der Waals surface area (Å²) in [5, 5.41) is 3.95. The third kappa shape index (κ3) is 2.11. The van der Waals surface area contributed by atoms with Gasteiger partial charge >= 0.3 is 5.97 Å². The zero-order chi connectivity index (χ0) is 12.4. The number of carbonyl (C=O) groups is 1. The number of hydrogen-bond acceptors (Lipinski definition) is 4. The van der Waals surface area contributed by atoms with Gasteiger partial charge in [0.05, 0.1) is 0 Å². The summed E-state index contributed by atoms with van der Waals surface area (Å²) in [7, 11) is 0. The smallest absolute Gasteiger partial charge is 0.317 e. The first-order chi connectivity index (χ1) is 8.84. The van der Waals surface area contributed by atoms with Crippen LogP contribution in [-0.2, 0) is 16.1 Å². The number of esters is 1. The number of ether oxygens (including phenoxy) is 2. The summed E-state index contributed by atoms with van der Waals surface area (Å²) in [6, 6.07) is 9.56. The maximum atomic E-state index is 12.0. The molecule has 18 heavy (non-hydrogen) atoms. The molecule has 0 N–H and O–H groups in total. The lowest BCUT2D eigenvalue weighted by Crippen LogP contribution is -2.17. The molecule has 0 bridgehead atoms. The van der Waals surface area contributed by atoms with Crippen LogP contribution in [-0.4, -0.2) is 12.6 Å². The van der Waals surface area contributed by atoms with Crippen LogP contribution in [0, 0.1) is 0 Å². The average molecular weight is 260 g/mol. The molecular weight excluding hydrogens is 248 g/mol. The molecule has 0 aliphatic carbocycles. The van der Waals surface area contributed by atoms with Crippen molar-refractivity contribution in [3.8, 4) is 5.75 Å². The van der Waals surface area contributed by atoms with E-state index in [4.69, 9.17) is 9.47 Å². The Hall–Kier alpha value is -1.81. The number of benzene rings is 1. The Labute approximate surface area is 109 Å². The van der Waals surface area contributed by atoms with Crippen molar-refractivity contribution in [3.05, 3.63) is 52.2 Å². The molecule has 3 rings (SSSR count). The summed E-state index contributed by atoms with van der Waals surface area (Å²) < 4.78 is 10.8. The van der Waals surface area contributed by atoms with Crippen molar-refractivity contribution in [1.29, 1.82) is 0 Å². The molecule has 0 spiro atoms. The monoisotopic (exact) mass is 260 g/mol. The third-order valence-corrected chi connectivity index (χ3v) is 3.68. The summed E-state index contributed by atoms with van der Waals surface area (Å²) in [4.78, 5) is 12.0. The normalized spacial score (nSPS) is 17.0. The summed E-state index contributed by atoms with van der Waals surface area (Å²) in [5.41, 5.74) is 1.95. The van der Waals surface area contributed by atoms with Crippen LogP contribution in [0.15, 0.2) is 41.1 Å². The van der Waals surface area contributed by atoms with Gasteiger partial charge in [-0.25, -0.2) is 0 Å². The molecule has 2 heterocycles. The molecule has 3 nitrogen and oxygen atoms in total. The molecule has 92 valence electrons. The van der Waals surface area contributed by atoms with Gasteiger partial charge in [0.15, 0.2) is 0 Å². The molecule has 1 aromatic heterocycles. The van der Waals surface area contributed by atoms with Crippen LogP contribution in [0.2, 0.25) is 0 Å². The van der Waals surface area contributed by atoms with Gasteiger partial charge in [-0.05, 0) is 22.9 Å². The third-order valence-electron chi connectivity index (χ3n) is 2.95. The second-order valence-electron chi connectivity index (χ2n) is 4.14. The van der Waals surface area contributed by atoms with Gasteiger partial charge in [-0.1, -0.05) is 18.2 Å². The van der Waals surface area contributed by atoms with Crippen molar-refractivity contribution in [2.24, 2.45) is 0 Å². The highest BCUT2D eigenvalue weighted by Gasteiger charge is 2.31. The molecule has 1 atom stereocenters. The van der Waals surface area contributed by atoms with Crippen molar-refractivity contribution in [2.75, 3.05) is 6.61 Å². The Morgan fingerprint density at radius 3 is 3.11 bits per heavy atom.